The normalized spacial score (nSPS) is 29.9. The summed E-state index contributed by atoms with van der Waals surface area (Å²) < 4.78 is 5.18. The Bertz CT molecular complexity index is 681. The first-order valence-corrected chi connectivity index (χ1v) is 7.45. The second kappa shape index (κ2) is 4.93. The molecule has 0 aliphatic heterocycles. The number of allylic oxidation sites excluding steroid dienone is 1. The third-order valence-corrected chi connectivity index (χ3v) is 4.99. The van der Waals surface area contributed by atoms with Crippen LogP contribution in [0.5, 0.6) is 5.88 Å². The van der Waals surface area contributed by atoms with E-state index < -0.39 is 11.4 Å². The van der Waals surface area contributed by atoms with Crippen LogP contribution in [0.1, 0.15) is 43.4 Å². The molecule has 1 aromatic rings. The maximum Gasteiger partial charge on any atom is 0.322 e. The van der Waals surface area contributed by atoms with Gasteiger partial charge in [0.2, 0.25) is 5.88 Å². The van der Waals surface area contributed by atoms with Crippen LogP contribution in [0.15, 0.2) is 24.3 Å². The summed E-state index contributed by atoms with van der Waals surface area (Å²) >= 11 is 0. The van der Waals surface area contributed by atoms with Crippen LogP contribution in [0, 0.1) is 5.92 Å². The van der Waals surface area contributed by atoms with Crippen LogP contribution >= 0.6 is 0 Å². The first-order chi connectivity index (χ1) is 10.5. The van der Waals surface area contributed by atoms with Gasteiger partial charge in [-0.05, 0) is 24.8 Å². The molecule has 1 heterocycles. The highest BCUT2D eigenvalue weighted by molar-refractivity contribution is 6.12. The summed E-state index contributed by atoms with van der Waals surface area (Å²) in [5, 5.41) is 9.84. The Hall–Kier alpha value is -2.17. The minimum absolute atomic E-state index is 0.0814. The molecule has 3 atom stereocenters. The number of pyridine rings is 1. The number of carboxylic acids is 1. The molecule has 2 aliphatic rings. The molecule has 0 radical (unpaired) electrons. The zero-order valence-corrected chi connectivity index (χ0v) is 12.8. The molecule has 3 unspecified atom stereocenters. The first-order valence-electron chi connectivity index (χ1n) is 7.45. The highest BCUT2D eigenvalue weighted by atomic mass is 16.5. The Morgan fingerprint density at radius 3 is 2.86 bits per heavy atom. The van der Waals surface area contributed by atoms with Crippen LogP contribution in [0.25, 0.3) is 0 Å². The molecule has 0 spiro atoms. The van der Waals surface area contributed by atoms with E-state index in [1.165, 1.54) is 7.11 Å². The van der Waals surface area contributed by atoms with Gasteiger partial charge < -0.3 is 9.84 Å². The number of carbonyl (C=O) groups excluding carboxylic acids is 1. The van der Waals surface area contributed by atoms with Gasteiger partial charge in [-0.25, -0.2) is 4.98 Å². The van der Waals surface area contributed by atoms with Gasteiger partial charge in [0.1, 0.15) is 0 Å². The van der Waals surface area contributed by atoms with E-state index in [1.54, 1.807) is 12.1 Å². The molecule has 1 aromatic heterocycles. The number of aromatic nitrogens is 1. The van der Waals surface area contributed by atoms with Crippen molar-refractivity contribution in [3.05, 3.63) is 35.5 Å². The second-order valence-electron chi connectivity index (χ2n) is 6.11. The average molecular weight is 301 g/mol. The van der Waals surface area contributed by atoms with Crippen molar-refractivity contribution in [2.45, 2.75) is 37.5 Å². The fraction of sp³-hybridized carbons (Fsp3) is 0.471. The Morgan fingerprint density at radius 1 is 1.55 bits per heavy atom. The molecular formula is C17H19NO4. The van der Waals surface area contributed by atoms with Gasteiger partial charge in [0.05, 0.1) is 12.8 Å². The number of rotatable bonds is 3. The number of ketones is 1. The number of nitrogens with zero attached hydrogens (tertiary/aromatic N) is 1. The van der Waals surface area contributed by atoms with Gasteiger partial charge >= 0.3 is 5.97 Å². The summed E-state index contributed by atoms with van der Waals surface area (Å²) in [5.41, 5.74) is 0.503. The molecule has 116 valence electrons. The maximum atomic E-state index is 12.9. The van der Waals surface area contributed by atoms with Gasteiger partial charge in [0.15, 0.2) is 11.2 Å². The van der Waals surface area contributed by atoms with Crippen LogP contribution in [-0.2, 0) is 15.0 Å². The highest BCUT2D eigenvalue weighted by Gasteiger charge is 2.59. The van der Waals surface area contributed by atoms with Gasteiger partial charge in [-0.2, -0.15) is 0 Å². The van der Waals surface area contributed by atoms with Crippen LogP contribution in [0.4, 0.5) is 0 Å². The summed E-state index contributed by atoms with van der Waals surface area (Å²) in [5.74, 6) is -1.29. The molecule has 2 bridgehead atoms. The van der Waals surface area contributed by atoms with E-state index >= 15 is 0 Å². The average Bonchev–Trinajstić information content (AvgIpc) is 2.49. The Balaban J connectivity index is 2.32. The van der Waals surface area contributed by atoms with E-state index in [9.17, 15) is 14.7 Å². The van der Waals surface area contributed by atoms with Crippen molar-refractivity contribution in [2.75, 3.05) is 7.11 Å². The zero-order valence-electron chi connectivity index (χ0n) is 12.8. The van der Waals surface area contributed by atoms with Gasteiger partial charge in [-0.15, -0.1) is 0 Å². The number of Topliss-reactive ketones (excluding diaryl/α,β-unsaturated/α-hetero) is 1. The molecule has 2 aliphatic carbocycles. The lowest BCUT2D eigenvalue weighted by Crippen LogP contribution is -2.55. The van der Waals surface area contributed by atoms with E-state index in [1.807, 2.05) is 6.92 Å². The van der Waals surface area contributed by atoms with Crippen molar-refractivity contribution in [3.63, 3.8) is 0 Å². The number of methoxy groups -OCH3 is 1. The molecule has 0 aromatic carbocycles. The topological polar surface area (TPSA) is 76.5 Å². The van der Waals surface area contributed by atoms with Crippen LogP contribution in [0.2, 0.25) is 0 Å². The number of ether oxygens (including phenoxy) is 1. The third-order valence-electron chi connectivity index (χ3n) is 4.99. The minimum atomic E-state index is -1.53. The molecule has 22 heavy (non-hydrogen) atoms. The molecule has 1 fully saturated rings. The van der Waals surface area contributed by atoms with Gasteiger partial charge in [0.25, 0.3) is 0 Å². The maximum absolute atomic E-state index is 12.9. The lowest BCUT2D eigenvalue weighted by Gasteiger charge is -2.45. The van der Waals surface area contributed by atoms with Gasteiger partial charge in [-0.1, -0.05) is 25.1 Å². The van der Waals surface area contributed by atoms with Crippen LogP contribution in [-0.4, -0.2) is 29.0 Å². The first kappa shape index (κ1) is 14.8. The standard InChI is InChI=1S/C17H19NO4/c1-4-10-11-7-9(2)8-17(15(11)19,16(20)21)12-5-6-13(22-3)18-14(10)12/h5-6,10-11H,2,4,7-8H2,1,3H3,(H,20,21). The van der Waals surface area contributed by atoms with Gasteiger partial charge in [-0.3, -0.25) is 9.59 Å². The lowest BCUT2D eigenvalue weighted by atomic mass is 9.55. The monoisotopic (exact) mass is 301 g/mol. The summed E-state index contributed by atoms with van der Waals surface area (Å²) in [7, 11) is 1.53. The second-order valence-corrected chi connectivity index (χ2v) is 6.11. The number of carbonyl (C=O) groups is 2. The molecule has 3 rings (SSSR count). The van der Waals surface area contributed by atoms with E-state index in [-0.39, 0.29) is 24.0 Å². The van der Waals surface area contributed by atoms with Crippen molar-refractivity contribution < 1.29 is 19.4 Å². The Morgan fingerprint density at radius 2 is 2.27 bits per heavy atom. The molecule has 0 amide bonds. The third kappa shape index (κ3) is 1.74. The molecule has 5 nitrogen and oxygen atoms in total. The molecule has 1 N–H and O–H groups in total. The summed E-state index contributed by atoms with van der Waals surface area (Å²) in [6.45, 7) is 5.97. The van der Waals surface area contributed by atoms with Crippen LogP contribution in [0.3, 0.4) is 0 Å². The predicted octanol–water partition coefficient (Wildman–Crippen LogP) is 2.46. The van der Waals surface area contributed by atoms with Crippen LogP contribution < -0.4 is 4.74 Å². The molecule has 5 heteroatoms. The quantitative estimate of drug-likeness (QED) is 0.685. The van der Waals surface area contributed by atoms with E-state index in [0.29, 0.717) is 23.6 Å². The summed E-state index contributed by atoms with van der Waals surface area (Å²) in [6.07, 6.45) is 1.44. The Labute approximate surface area is 129 Å². The molecule has 1 saturated carbocycles. The van der Waals surface area contributed by atoms with E-state index in [0.717, 1.165) is 12.0 Å². The number of fused-ring (bicyclic) bond motifs is 4. The summed E-state index contributed by atoms with van der Waals surface area (Å²) in [6, 6.07) is 3.31. The summed E-state index contributed by atoms with van der Waals surface area (Å²) in [4.78, 5) is 29.4. The number of aliphatic carboxylic acids is 1. The fourth-order valence-corrected chi connectivity index (χ4v) is 3.99. The highest BCUT2D eigenvalue weighted by Crippen LogP contribution is 2.53. The predicted molar refractivity (Wildman–Crippen MR) is 80.0 cm³/mol. The van der Waals surface area contributed by atoms with Crippen molar-refractivity contribution in [3.8, 4) is 5.88 Å². The number of hydrogen-bond donors (Lipinski definition) is 1. The van der Waals surface area contributed by atoms with Crippen molar-refractivity contribution >= 4 is 11.8 Å². The van der Waals surface area contributed by atoms with Crippen molar-refractivity contribution in [2.24, 2.45) is 5.92 Å². The number of hydrogen-bond acceptors (Lipinski definition) is 4. The molecule has 0 saturated heterocycles. The molecular weight excluding hydrogens is 282 g/mol. The van der Waals surface area contributed by atoms with Crippen molar-refractivity contribution in [1.29, 1.82) is 0 Å². The fourth-order valence-electron chi connectivity index (χ4n) is 3.99. The minimum Gasteiger partial charge on any atom is -0.481 e. The zero-order chi connectivity index (χ0) is 16.1. The SMILES string of the molecule is C=C1CC2C(=O)C(C(=O)O)(C1)c1ccc(OC)nc1C2CC. The Kier molecular flexibility index (Phi) is 3.31. The number of carboxylic acid groups (broad SMARTS) is 1. The largest absolute Gasteiger partial charge is 0.481 e. The van der Waals surface area contributed by atoms with Crippen molar-refractivity contribution in [1.82, 2.24) is 4.98 Å². The smallest absolute Gasteiger partial charge is 0.322 e. The lowest BCUT2D eigenvalue weighted by molar-refractivity contribution is -0.152. The van der Waals surface area contributed by atoms with E-state index in [4.69, 9.17) is 4.74 Å². The van der Waals surface area contributed by atoms with E-state index in [2.05, 4.69) is 11.6 Å². The van der Waals surface area contributed by atoms with Gasteiger partial charge in [0, 0.05) is 17.9 Å².